The molecule has 0 atom stereocenters. The van der Waals surface area contributed by atoms with Crippen LogP contribution in [0.3, 0.4) is 0 Å². The maximum absolute atomic E-state index is 6.63. The van der Waals surface area contributed by atoms with Crippen LogP contribution in [0, 0.1) is 0 Å². The summed E-state index contributed by atoms with van der Waals surface area (Å²) in [6, 6.07) is 79.3. The van der Waals surface area contributed by atoms with Crippen LogP contribution in [0.4, 0.5) is 34.1 Å². The monoisotopic (exact) mass is 900 g/mol. The summed E-state index contributed by atoms with van der Waals surface area (Å²) in [4.78, 5) is 4.85. The lowest BCUT2D eigenvalue weighted by molar-refractivity contribution is 0.652. The van der Waals surface area contributed by atoms with Crippen LogP contribution in [0.25, 0.3) is 77.3 Å². The molecule has 4 nitrogen and oxygen atoms in total. The van der Waals surface area contributed by atoms with E-state index in [9.17, 15) is 0 Å². The van der Waals surface area contributed by atoms with E-state index in [1.807, 2.05) is 12.1 Å². The molecule has 0 fully saturated rings. The predicted molar refractivity (Wildman–Crippen MR) is 291 cm³/mol. The third-order valence-electron chi connectivity index (χ3n) is 15.4. The van der Waals surface area contributed by atoms with Crippen molar-refractivity contribution in [3.05, 3.63) is 241 Å². The first-order chi connectivity index (χ1) is 34.2. The Morgan fingerprint density at radius 2 is 0.786 bits per heavy atom. The summed E-state index contributed by atoms with van der Waals surface area (Å²) in [6.45, 7) is 9.64. The summed E-state index contributed by atoms with van der Waals surface area (Å²) < 4.78 is 13.2. The molecule has 0 aliphatic heterocycles. The van der Waals surface area contributed by atoms with Gasteiger partial charge in [0.2, 0.25) is 0 Å². The Labute approximate surface area is 407 Å². The van der Waals surface area contributed by atoms with E-state index in [1.165, 1.54) is 55.6 Å². The van der Waals surface area contributed by atoms with Crippen molar-refractivity contribution >= 4 is 78.0 Å². The maximum atomic E-state index is 6.63. The van der Waals surface area contributed by atoms with Crippen LogP contribution in [0.2, 0.25) is 0 Å². The first kappa shape index (κ1) is 40.5. The molecule has 2 aliphatic rings. The van der Waals surface area contributed by atoms with Crippen molar-refractivity contribution in [1.82, 2.24) is 0 Å². The standard InChI is InChI=1S/C66H48N2O2/c1-65(2)54-28-18-27-47(41-19-8-5-9-20-41)63(54)52-39-56-53(40-55(52)65)64-57(66(56,3)4)35-46(67(42-21-10-6-11-22-42)44-31-33-50-48-25-14-16-29-59(48)69-61(50)37-44)36-58(64)68(43-23-12-7-13-24-43)45-32-34-51-49-26-15-17-30-60(49)70-62(51)38-45/h5-40H,1-4H3. The van der Waals surface area contributed by atoms with E-state index >= 15 is 0 Å². The predicted octanol–water partition coefficient (Wildman–Crippen LogP) is 18.7. The molecule has 334 valence electrons. The average molecular weight is 901 g/mol. The van der Waals surface area contributed by atoms with E-state index < -0.39 is 5.41 Å². The van der Waals surface area contributed by atoms with Crippen LogP contribution >= 0.6 is 0 Å². The molecule has 0 unspecified atom stereocenters. The molecule has 2 aromatic heterocycles. The fourth-order valence-electron chi connectivity index (χ4n) is 12.0. The third kappa shape index (κ3) is 5.89. The minimum atomic E-state index is -0.394. The summed E-state index contributed by atoms with van der Waals surface area (Å²) >= 11 is 0. The topological polar surface area (TPSA) is 32.8 Å². The molecule has 0 saturated carbocycles. The Morgan fingerprint density at radius 1 is 0.300 bits per heavy atom. The summed E-state index contributed by atoms with van der Waals surface area (Å²) in [7, 11) is 0. The Morgan fingerprint density at radius 3 is 1.39 bits per heavy atom. The lowest BCUT2D eigenvalue weighted by Crippen LogP contribution is -2.18. The van der Waals surface area contributed by atoms with Crippen LogP contribution < -0.4 is 9.80 Å². The number of hydrogen-bond acceptors (Lipinski definition) is 4. The molecular weight excluding hydrogens is 853 g/mol. The number of anilines is 6. The minimum absolute atomic E-state index is 0.234. The highest BCUT2D eigenvalue weighted by Crippen LogP contribution is 2.61. The Hall–Kier alpha value is -8.60. The largest absolute Gasteiger partial charge is 0.456 e. The van der Waals surface area contributed by atoms with Crippen molar-refractivity contribution in [1.29, 1.82) is 0 Å². The van der Waals surface area contributed by atoms with Gasteiger partial charge in [0, 0.05) is 78.5 Å². The van der Waals surface area contributed by atoms with Crippen molar-refractivity contribution in [3.8, 4) is 33.4 Å². The van der Waals surface area contributed by atoms with E-state index in [1.54, 1.807) is 0 Å². The molecule has 0 spiro atoms. The molecule has 70 heavy (non-hydrogen) atoms. The summed E-state index contributed by atoms with van der Waals surface area (Å²) in [5, 5.41) is 4.42. The second-order valence-corrected chi connectivity index (χ2v) is 20.1. The molecule has 0 saturated heterocycles. The van der Waals surface area contributed by atoms with Gasteiger partial charge in [-0.1, -0.05) is 149 Å². The zero-order chi connectivity index (χ0) is 46.9. The molecule has 0 N–H and O–H groups in total. The first-order valence-electron chi connectivity index (χ1n) is 24.3. The molecule has 0 bridgehead atoms. The van der Waals surface area contributed by atoms with Gasteiger partial charge in [0.25, 0.3) is 0 Å². The van der Waals surface area contributed by atoms with Crippen molar-refractivity contribution in [2.75, 3.05) is 9.80 Å². The first-order valence-corrected chi connectivity index (χ1v) is 24.3. The van der Waals surface area contributed by atoms with Gasteiger partial charge in [-0.2, -0.15) is 0 Å². The van der Waals surface area contributed by atoms with Gasteiger partial charge in [0.1, 0.15) is 22.3 Å². The van der Waals surface area contributed by atoms with Gasteiger partial charge in [-0.15, -0.1) is 0 Å². The number of para-hydroxylation sites is 4. The molecule has 0 amide bonds. The van der Waals surface area contributed by atoms with Crippen LogP contribution in [0.5, 0.6) is 0 Å². The van der Waals surface area contributed by atoms with Gasteiger partial charge < -0.3 is 18.6 Å². The highest BCUT2D eigenvalue weighted by molar-refractivity contribution is 6.08. The van der Waals surface area contributed by atoms with Crippen molar-refractivity contribution in [2.24, 2.45) is 0 Å². The summed E-state index contributed by atoms with van der Waals surface area (Å²) in [6.07, 6.45) is 0. The zero-order valence-electron chi connectivity index (χ0n) is 39.5. The quantitative estimate of drug-likeness (QED) is 0.160. The second kappa shape index (κ2) is 14.9. The van der Waals surface area contributed by atoms with Crippen LogP contribution in [0.15, 0.2) is 227 Å². The van der Waals surface area contributed by atoms with Crippen LogP contribution in [0.1, 0.15) is 49.9 Å². The lowest BCUT2D eigenvalue weighted by Gasteiger charge is -2.32. The molecule has 14 rings (SSSR count). The molecule has 0 radical (unpaired) electrons. The number of fused-ring (bicyclic) bond motifs is 12. The summed E-state index contributed by atoms with van der Waals surface area (Å²) in [5.74, 6) is 0. The van der Waals surface area contributed by atoms with E-state index in [4.69, 9.17) is 8.83 Å². The number of nitrogens with zero attached hydrogens (tertiary/aromatic N) is 2. The summed E-state index contributed by atoms with van der Waals surface area (Å²) in [5.41, 5.74) is 22.1. The van der Waals surface area contributed by atoms with Crippen molar-refractivity contribution in [3.63, 3.8) is 0 Å². The van der Waals surface area contributed by atoms with E-state index in [2.05, 4.69) is 244 Å². The van der Waals surface area contributed by atoms with E-state index in [0.29, 0.717) is 0 Å². The third-order valence-corrected chi connectivity index (χ3v) is 15.4. The average Bonchev–Trinajstić information content (AvgIpc) is 4.09. The lowest BCUT2D eigenvalue weighted by atomic mass is 9.79. The van der Waals surface area contributed by atoms with Crippen LogP contribution in [-0.4, -0.2) is 0 Å². The normalized spacial score (nSPS) is 13.9. The highest BCUT2D eigenvalue weighted by Gasteiger charge is 2.44. The van der Waals surface area contributed by atoms with Crippen LogP contribution in [-0.2, 0) is 10.8 Å². The minimum Gasteiger partial charge on any atom is -0.456 e. The van der Waals surface area contributed by atoms with Gasteiger partial charge in [-0.3, -0.25) is 0 Å². The molecule has 4 heteroatoms. The molecule has 10 aromatic carbocycles. The van der Waals surface area contributed by atoms with Gasteiger partial charge in [-0.05, 0) is 135 Å². The van der Waals surface area contributed by atoms with Crippen molar-refractivity contribution < 1.29 is 8.83 Å². The molecular formula is C66H48N2O2. The molecule has 12 aromatic rings. The fraction of sp³-hybridized carbons (Fsp3) is 0.0909. The molecule has 2 heterocycles. The Bertz CT molecular complexity index is 4070. The number of furan rings is 2. The SMILES string of the molecule is CC1(C)c2cc3c(cc2-c2c(-c4ccccc4)cccc21)C(C)(C)c1cc(N(c2ccccc2)c2ccc4c(c2)oc2ccccc24)cc(N(c2ccccc2)c2ccc4c(c2)oc2ccccc24)c1-3. The number of rotatable bonds is 7. The maximum Gasteiger partial charge on any atom is 0.137 e. The van der Waals surface area contributed by atoms with Gasteiger partial charge in [-0.25, -0.2) is 0 Å². The zero-order valence-corrected chi connectivity index (χ0v) is 39.5. The Kier molecular flexibility index (Phi) is 8.64. The van der Waals surface area contributed by atoms with Crippen molar-refractivity contribution in [2.45, 2.75) is 38.5 Å². The second-order valence-electron chi connectivity index (χ2n) is 20.1. The number of benzene rings is 10. The molecule has 2 aliphatic carbocycles. The smallest absolute Gasteiger partial charge is 0.137 e. The number of hydrogen-bond donors (Lipinski definition) is 0. The highest BCUT2D eigenvalue weighted by atomic mass is 16.3. The van der Waals surface area contributed by atoms with E-state index in [0.717, 1.165) is 78.0 Å². The Balaban J connectivity index is 1.06. The van der Waals surface area contributed by atoms with Gasteiger partial charge in [0.05, 0.1) is 5.69 Å². The fourth-order valence-corrected chi connectivity index (χ4v) is 12.0. The van der Waals surface area contributed by atoms with Gasteiger partial charge in [0.15, 0.2) is 0 Å². The van der Waals surface area contributed by atoms with E-state index in [-0.39, 0.29) is 5.41 Å². The van der Waals surface area contributed by atoms with Gasteiger partial charge >= 0.3 is 0 Å².